The Bertz CT molecular complexity index is 820. The lowest BCUT2D eigenvalue weighted by atomic mass is 10.1. The molecule has 0 saturated carbocycles. The van der Waals surface area contributed by atoms with Gasteiger partial charge in [-0.1, -0.05) is 0 Å². The van der Waals surface area contributed by atoms with Gasteiger partial charge in [-0.2, -0.15) is 0 Å². The van der Waals surface area contributed by atoms with E-state index in [1.54, 1.807) is 12.1 Å². The number of nitrogens with one attached hydrogen (secondary N) is 1. The number of hydrogen-bond acceptors (Lipinski definition) is 5. The topological polar surface area (TPSA) is 84.7 Å². The number of rotatable bonds is 6. The molecule has 1 fully saturated rings. The summed E-state index contributed by atoms with van der Waals surface area (Å²) in [7, 11) is 0. The third-order valence-electron chi connectivity index (χ3n) is 4.35. The molecular formula is C19H20FN3O4. The minimum absolute atomic E-state index is 0.0592. The fraction of sp³-hybridized carbons (Fsp3) is 0.316. The normalized spacial score (nSPS) is 13.9. The second-order valence-corrected chi connectivity index (χ2v) is 6.30. The Hall–Kier alpha value is -3.16. The molecule has 1 amide bonds. The van der Waals surface area contributed by atoms with E-state index >= 15 is 0 Å². The van der Waals surface area contributed by atoms with Crippen LogP contribution >= 0.6 is 0 Å². The van der Waals surface area contributed by atoms with E-state index < -0.39 is 10.8 Å². The van der Waals surface area contributed by atoms with Crippen LogP contribution in [0.25, 0.3) is 0 Å². The third-order valence-corrected chi connectivity index (χ3v) is 4.35. The molecule has 2 aromatic rings. The molecule has 0 spiro atoms. The van der Waals surface area contributed by atoms with Crippen molar-refractivity contribution in [1.29, 1.82) is 0 Å². The standard InChI is InChI=1S/C19H20FN3O4/c20-17-12-14(4-9-18(17)22-10-2-1-3-11-22)21-19(24)13-27-16-7-5-15(6-8-16)23(25)26/h4-9,12H,1-3,10-11,13H2,(H,21,24). The molecule has 0 aliphatic carbocycles. The van der Waals surface area contributed by atoms with E-state index in [9.17, 15) is 19.3 Å². The van der Waals surface area contributed by atoms with E-state index in [0.717, 1.165) is 25.9 Å². The summed E-state index contributed by atoms with van der Waals surface area (Å²) in [6, 6.07) is 10.1. The molecule has 0 bridgehead atoms. The number of halogens is 1. The molecule has 1 aliphatic heterocycles. The van der Waals surface area contributed by atoms with E-state index in [-0.39, 0.29) is 18.1 Å². The second kappa shape index (κ2) is 8.48. The fourth-order valence-electron chi connectivity index (χ4n) is 2.99. The van der Waals surface area contributed by atoms with Gasteiger partial charge < -0.3 is 15.0 Å². The quantitative estimate of drug-likeness (QED) is 0.616. The van der Waals surface area contributed by atoms with Gasteiger partial charge in [-0.15, -0.1) is 0 Å². The predicted octanol–water partition coefficient (Wildman–Crippen LogP) is 3.74. The average molecular weight is 373 g/mol. The van der Waals surface area contributed by atoms with Crippen molar-refractivity contribution in [3.63, 3.8) is 0 Å². The number of benzene rings is 2. The number of piperidine rings is 1. The summed E-state index contributed by atoms with van der Waals surface area (Å²) in [6.07, 6.45) is 3.27. The van der Waals surface area contributed by atoms with Gasteiger partial charge in [-0.25, -0.2) is 4.39 Å². The van der Waals surface area contributed by atoms with Gasteiger partial charge in [0.05, 0.1) is 10.6 Å². The van der Waals surface area contributed by atoms with Gasteiger partial charge in [-0.05, 0) is 49.6 Å². The molecule has 1 aliphatic rings. The van der Waals surface area contributed by atoms with E-state index in [0.29, 0.717) is 17.1 Å². The monoisotopic (exact) mass is 373 g/mol. The Labute approximate surface area is 155 Å². The first-order valence-electron chi connectivity index (χ1n) is 8.74. The molecule has 0 unspecified atom stereocenters. The zero-order valence-electron chi connectivity index (χ0n) is 14.7. The highest BCUT2D eigenvalue weighted by molar-refractivity contribution is 5.92. The molecule has 142 valence electrons. The smallest absolute Gasteiger partial charge is 0.269 e. The van der Waals surface area contributed by atoms with Crippen LogP contribution in [0.1, 0.15) is 19.3 Å². The van der Waals surface area contributed by atoms with Crippen LogP contribution in [0.4, 0.5) is 21.5 Å². The van der Waals surface area contributed by atoms with Crippen molar-refractivity contribution < 1.29 is 18.8 Å². The number of ether oxygens (including phenoxy) is 1. The lowest BCUT2D eigenvalue weighted by Crippen LogP contribution is -2.30. The Morgan fingerprint density at radius 3 is 2.48 bits per heavy atom. The maximum absolute atomic E-state index is 14.4. The van der Waals surface area contributed by atoms with Crippen LogP contribution in [0.15, 0.2) is 42.5 Å². The molecule has 3 rings (SSSR count). The van der Waals surface area contributed by atoms with Crippen molar-refractivity contribution >= 4 is 23.0 Å². The van der Waals surface area contributed by atoms with Crippen LogP contribution in [-0.2, 0) is 4.79 Å². The zero-order chi connectivity index (χ0) is 19.2. The molecule has 2 aromatic carbocycles. The van der Waals surface area contributed by atoms with Gasteiger partial charge in [0.1, 0.15) is 11.6 Å². The van der Waals surface area contributed by atoms with Crippen LogP contribution < -0.4 is 15.0 Å². The summed E-state index contributed by atoms with van der Waals surface area (Å²) in [5, 5.41) is 13.2. The van der Waals surface area contributed by atoms with Crippen LogP contribution in [-0.4, -0.2) is 30.5 Å². The van der Waals surface area contributed by atoms with E-state index in [4.69, 9.17) is 4.74 Å². The first-order chi connectivity index (χ1) is 13.0. The van der Waals surface area contributed by atoms with Gasteiger partial charge in [-0.3, -0.25) is 14.9 Å². The van der Waals surface area contributed by atoms with Crippen LogP contribution in [0.2, 0.25) is 0 Å². The van der Waals surface area contributed by atoms with E-state index in [2.05, 4.69) is 5.32 Å². The first-order valence-corrected chi connectivity index (χ1v) is 8.74. The molecular weight excluding hydrogens is 353 g/mol. The molecule has 8 heteroatoms. The van der Waals surface area contributed by atoms with Gasteiger partial charge in [0.25, 0.3) is 11.6 Å². The molecule has 0 aromatic heterocycles. The maximum Gasteiger partial charge on any atom is 0.269 e. The Balaban J connectivity index is 1.54. The number of non-ortho nitro benzene ring substituents is 1. The number of carbonyl (C=O) groups excluding carboxylic acids is 1. The van der Waals surface area contributed by atoms with Crippen LogP contribution in [0.5, 0.6) is 5.75 Å². The molecule has 0 radical (unpaired) electrons. The van der Waals surface area contributed by atoms with Gasteiger partial charge in [0, 0.05) is 30.9 Å². The zero-order valence-corrected chi connectivity index (χ0v) is 14.7. The van der Waals surface area contributed by atoms with Crippen molar-refractivity contribution in [3.05, 3.63) is 58.4 Å². The highest BCUT2D eigenvalue weighted by atomic mass is 19.1. The second-order valence-electron chi connectivity index (χ2n) is 6.30. The summed E-state index contributed by atoms with van der Waals surface area (Å²) in [6.45, 7) is 1.39. The molecule has 7 nitrogen and oxygen atoms in total. The molecule has 1 heterocycles. The van der Waals surface area contributed by atoms with Gasteiger partial charge in [0.15, 0.2) is 6.61 Å². The number of amides is 1. The Kier molecular flexibility index (Phi) is 5.85. The first kappa shape index (κ1) is 18.6. The van der Waals surface area contributed by atoms with Crippen molar-refractivity contribution in [3.8, 4) is 5.75 Å². The van der Waals surface area contributed by atoms with Crippen molar-refractivity contribution in [2.45, 2.75) is 19.3 Å². The van der Waals surface area contributed by atoms with Crippen molar-refractivity contribution in [1.82, 2.24) is 0 Å². The van der Waals surface area contributed by atoms with E-state index in [1.807, 2.05) is 4.90 Å². The Morgan fingerprint density at radius 2 is 1.85 bits per heavy atom. The lowest BCUT2D eigenvalue weighted by molar-refractivity contribution is -0.384. The summed E-state index contributed by atoms with van der Waals surface area (Å²) >= 11 is 0. The molecule has 0 atom stereocenters. The molecule has 27 heavy (non-hydrogen) atoms. The summed E-state index contributed by atoms with van der Waals surface area (Å²) < 4.78 is 19.6. The highest BCUT2D eigenvalue weighted by Gasteiger charge is 2.15. The van der Waals surface area contributed by atoms with Crippen molar-refractivity contribution in [2.75, 3.05) is 29.9 Å². The maximum atomic E-state index is 14.4. The Morgan fingerprint density at radius 1 is 1.15 bits per heavy atom. The minimum atomic E-state index is -0.515. The number of hydrogen-bond donors (Lipinski definition) is 1. The summed E-state index contributed by atoms with van der Waals surface area (Å²) in [5.74, 6) is -0.480. The number of nitrogens with zero attached hydrogens (tertiary/aromatic N) is 2. The fourth-order valence-corrected chi connectivity index (χ4v) is 2.99. The number of nitro benzene ring substituents is 1. The van der Waals surface area contributed by atoms with E-state index in [1.165, 1.54) is 36.8 Å². The number of carbonyl (C=O) groups is 1. The lowest BCUT2D eigenvalue weighted by Gasteiger charge is -2.29. The average Bonchev–Trinajstić information content (AvgIpc) is 2.67. The number of anilines is 2. The SMILES string of the molecule is O=C(COc1ccc([N+](=O)[O-])cc1)Nc1ccc(N2CCCCC2)c(F)c1. The third kappa shape index (κ3) is 4.93. The predicted molar refractivity (Wildman–Crippen MR) is 99.7 cm³/mol. The van der Waals surface area contributed by atoms with Gasteiger partial charge >= 0.3 is 0 Å². The largest absolute Gasteiger partial charge is 0.484 e. The summed E-state index contributed by atoms with van der Waals surface area (Å²) in [5.41, 5.74) is 0.844. The van der Waals surface area contributed by atoms with Gasteiger partial charge in [0.2, 0.25) is 0 Å². The minimum Gasteiger partial charge on any atom is -0.484 e. The summed E-state index contributed by atoms with van der Waals surface area (Å²) in [4.78, 5) is 24.1. The molecule has 1 N–H and O–H groups in total. The van der Waals surface area contributed by atoms with Crippen LogP contribution in [0.3, 0.4) is 0 Å². The number of nitro groups is 1. The van der Waals surface area contributed by atoms with Crippen molar-refractivity contribution in [2.24, 2.45) is 0 Å². The van der Waals surface area contributed by atoms with Crippen LogP contribution in [0, 0.1) is 15.9 Å². The molecule has 1 saturated heterocycles. The highest BCUT2D eigenvalue weighted by Crippen LogP contribution is 2.25.